The lowest BCUT2D eigenvalue weighted by Gasteiger charge is -2.11. The first-order valence-electron chi connectivity index (χ1n) is 11.0. The molecular formula is C26H30N2O6S. The van der Waals surface area contributed by atoms with Crippen LogP contribution in [0.4, 0.5) is 5.69 Å². The van der Waals surface area contributed by atoms with E-state index in [0.29, 0.717) is 29.4 Å². The second-order valence-electron chi connectivity index (χ2n) is 7.94. The first-order valence-corrected chi connectivity index (χ1v) is 12.5. The van der Waals surface area contributed by atoms with Gasteiger partial charge in [-0.1, -0.05) is 12.1 Å². The van der Waals surface area contributed by atoms with Crippen LogP contribution in [0.5, 0.6) is 17.2 Å². The number of amides is 1. The highest BCUT2D eigenvalue weighted by Gasteiger charge is 2.14. The predicted octanol–water partition coefficient (Wildman–Crippen LogP) is 3.86. The molecule has 2 N–H and O–H groups in total. The van der Waals surface area contributed by atoms with Gasteiger partial charge in [-0.2, -0.15) is 0 Å². The number of methoxy groups -OCH3 is 2. The third kappa shape index (κ3) is 7.21. The van der Waals surface area contributed by atoms with Crippen LogP contribution in [0.2, 0.25) is 0 Å². The SMILES string of the molecule is COc1ccc(CCNS(=O)(=O)c2ccc(OCC(=O)Nc3ccc(C)c(C)c3)cc2)cc1OC. The van der Waals surface area contributed by atoms with Gasteiger partial charge >= 0.3 is 0 Å². The molecule has 0 aromatic heterocycles. The first-order chi connectivity index (χ1) is 16.7. The van der Waals surface area contributed by atoms with E-state index in [4.69, 9.17) is 14.2 Å². The number of aryl methyl sites for hydroxylation is 2. The van der Waals surface area contributed by atoms with Gasteiger partial charge in [-0.3, -0.25) is 4.79 Å². The van der Waals surface area contributed by atoms with Gasteiger partial charge in [0.05, 0.1) is 19.1 Å². The molecule has 35 heavy (non-hydrogen) atoms. The van der Waals surface area contributed by atoms with Crippen molar-refractivity contribution in [2.75, 3.05) is 32.7 Å². The van der Waals surface area contributed by atoms with Gasteiger partial charge in [0.15, 0.2) is 18.1 Å². The molecule has 0 atom stereocenters. The average molecular weight is 499 g/mol. The number of sulfonamides is 1. The van der Waals surface area contributed by atoms with E-state index in [0.717, 1.165) is 16.7 Å². The fraction of sp³-hybridized carbons (Fsp3) is 0.269. The molecule has 0 fully saturated rings. The van der Waals surface area contributed by atoms with E-state index >= 15 is 0 Å². The lowest BCUT2D eigenvalue weighted by atomic mass is 10.1. The highest BCUT2D eigenvalue weighted by molar-refractivity contribution is 7.89. The van der Waals surface area contributed by atoms with E-state index in [9.17, 15) is 13.2 Å². The molecule has 9 heteroatoms. The molecule has 1 amide bonds. The monoisotopic (exact) mass is 498 g/mol. The third-order valence-electron chi connectivity index (χ3n) is 5.45. The quantitative estimate of drug-likeness (QED) is 0.416. The number of anilines is 1. The largest absolute Gasteiger partial charge is 0.493 e. The third-order valence-corrected chi connectivity index (χ3v) is 6.93. The van der Waals surface area contributed by atoms with E-state index in [-0.39, 0.29) is 24.0 Å². The summed E-state index contributed by atoms with van der Waals surface area (Å²) in [6.07, 6.45) is 0.483. The molecule has 0 bridgehead atoms. The zero-order chi connectivity index (χ0) is 25.4. The first kappa shape index (κ1) is 26.1. The van der Waals surface area contributed by atoms with Crippen molar-refractivity contribution < 1.29 is 27.4 Å². The summed E-state index contributed by atoms with van der Waals surface area (Å²) in [5.74, 6) is 1.29. The molecule has 3 rings (SSSR count). The smallest absolute Gasteiger partial charge is 0.262 e. The second-order valence-corrected chi connectivity index (χ2v) is 9.71. The second kappa shape index (κ2) is 11.7. The minimum absolute atomic E-state index is 0.108. The molecule has 0 aliphatic carbocycles. The zero-order valence-electron chi connectivity index (χ0n) is 20.3. The predicted molar refractivity (Wildman–Crippen MR) is 135 cm³/mol. The van der Waals surface area contributed by atoms with Crippen LogP contribution in [-0.2, 0) is 21.2 Å². The summed E-state index contributed by atoms with van der Waals surface area (Å²) in [4.78, 5) is 12.3. The fourth-order valence-corrected chi connectivity index (χ4v) is 4.36. The van der Waals surface area contributed by atoms with Crippen molar-refractivity contribution in [3.8, 4) is 17.2 Å². The molecule has 186 valence electrons. The molecule has 0 saturated heterocycles. The van der Waals surface area contributed by atoms with Crippen molar-refractivity contribution in [1.29, 1.82) is 0 Å². The van der Waals surface area contributed by atoms with Crippen LogP contribution in [0.1, 0.15) is 16.7 Å². The fourth-order valence-electron chi connectivity index (χ4n) is 3.33. The highest BCUT2D eigenvalue weighted by atomic mass is 32.2. The standard InChI is InChI=1S/C26H30N2O6S/c1-18-5-7-21(15-19(18)2)28-26(29)17-34-22-8-10-23(11-9-22)35(30,31)27-14-13-20-6-12-24(32-3)25(16-20)33-4/h5-12,15-16,27H,13-14,17H2,1-4H3,(H,28,29). The number of ether oxygens (including phenoxy) is 3. The molecule has 0 radical (unpaired) electrons. The van der Waals surface area contributed by atoms with E-state index in [1.165, 1.54) is 24.3 Å². The molecule has 3 aromatic carbocycles. The molecule has 8 nitrogen and oxygen atoms in total. The number of rotatable bonds is 11. The van der Waals surface area contributed by atoms with E-state index in [2.05, 4.69) is 10.0 Å². The van der Waals surface area contributed by atoms with Gasteiger partial charge in [0, 0.05) is 12.2 Å². The number of nitrogens with one attached hydrogen (secondary N) is 2. The van der Waals surface area contributed by atoms with Crippen molar-refractivity contribution in [3.05, 3.63) is 77.4 Å². The zero-order valence-corrected chi connectivity index (χ0v) is 21.1. The molecule has 0 unspecified atom stereocenters. The number of benzene rings is 3. The van der Waals surface area contributed by atoms with Crippen LogP contribution >= 0.6 is 0 Å². The maximum absolute atomic E-state index is 12.6. The number of carbonyl (C=O) groups excluding carboxylic acids is 1. The van der Waals surface area contributed by atoms with E-state index < -0.39 is 10.0 Å². The van der Waals surface area contributed by atoms with Crippen molar-refractivity contribution in [3.63, 3.8) is 0 Å². The molecule has 3 aromatic rings. The Balaban J connectivity index is 1.50. The van der Waals surface area contributed by atoms with Crippen molar-refractivity contribution in [2.24, 2.45) is 0 Å². The maximum atomic E-state index is 12.6. The van der Waals surface area contributed by atoms with Gasteiger partial charge in [-0.15, -0.1) is 0 Å². The van der Waals surface area contributed by atoms with Crippen molar-refractivity contribution in [1.82, 2.24) is 4.72 Å². The lowest BCUT2D eigenvalue weighted by molar-refractivity contribution is -0.118. The molecule has 0 saturated carbocycles. The molecule has 0 aliphatic heterocycles. The van der Waals surface area contributed by atoms with Gasteiger partial charge in [0.2, 0.25) is 10.0 Å². The normalized spacial score (nSPS) is 11.1. The summed E-state index contributed by atoms with van der Waals surface area (Å²) >= 11 is 0. The Labute approximate surface area is 206 Å². The topological polar surface area (TPSA) is 103 Å². The number of carbonyl (C=O) groups is 1. The van der Waals surface area contributed by atoms with Gasteiger partial charge in [-0.05, 0) is 85.5 Å². The molecule has 0 aliphatic rings. The number of hydrogen-bond acceptors (Lipinski definition) is 6. The summed E-state index contributed by atoms with van der Waals surface area (Å²) in [5.41, 5.74) is 3.83. The van der Waals surface area contributed by atoms with Gasteiger partial charge < -0.3 is 19.5 Å². The van der Waals surface area contributed by atoms with Gasteiger partial charge in [0.1, 0.15) is 5.75 Å². The Morgan fingerprint density at radius 1 is 0.857 bits per heavy atom. The van der Waals surface area contributed by atoms with Gasteiger partial charge in [-0.25, -0.2) is 13.1 Å². The Morgan fingerprint density at radius 2 is 1.57 bits per heavy atom. The van der Waals surface area contributed by atoms with Crippen molar-refractivity contribution in [2.45, 2.75) is 25.2 Å². The summed E-state index contributed by atoms with van der Waals surface area (Å²) in [5, 5.41) is 2.78. The highest BCUT2D eigenvalue weighted by Crippen LogP contribution is 2.27. The molecular weight excluding hydrogens is 468 g/mol. The van der Waals surface area contributed by atoms with Crippen LogP contribution in [-0.4, -0.2) is 41.7 Å². The summed E-state index contributed by atoms with van der Waals surface area (Å²) in [7, 11) is -0.587. The van der Waals surface area contributed by atoms with Crippen LogP contribution in [0.15, 0.2) is 65.6 Å². The Hall–Kier alpha value is -3.56. The molecule has 0 spiro atoms. The summed E-state index contributed by atoms with van der Waals surface area (Å²) in [6.45, 7) is 4.00. The molecule has 0 heterocycles. The van der Waals surface area contributed by atoms with Gasteiger partial charge in [0.25, 0.3) is 5.91 Å². The van der Waals surface area contributed by atoms with Crippen LogP contribution < -0.4 is 24.2 Å². The Kier molecular flexibility index (Phi) is 8.73. The lowest BCUT2D eigenvalue weighted by Crippen LogP contribution is -2.26. The maximum Gasteiger partial charge on any atom is 0.262 e. The summed E-state index contributed by atoms with van der Waals surface area (Å²) in [6, 6.07) is 17.0. The Morgan fingerprint density at radius 3 is 2.23 bits per heavy atom. The van der Waals surface area contributed by atoms with Crippen LogP contribution in [0, 0.1) is 13.8 Å². The Bertz CT molecular complexity index is 1270. The van der Waals surface area contributed by atoms with Crippen molar-refractivity contribution >= 4 is 21.6 Å². The van der Waals surface area contributed by atoms with E-state index in [1.54, 1.807) is 20.3 Å². The van der Waals surface area contributed by atoms with E-state index in [1.807, 2.05) is 44.2 Å². The number of hydrogen-bond donors (Lipinski definition) is 2. The minimum Gasteiger partial charge on any atom is -0.493 e. The average Bonchev–Trinajstić information content (AvgIpc) is 2.85. The van der Waals surface area contributed by atoms with Crippen LogP contribution in [0.25, 0.3) is 0 Å². The minimum atomic E-state index is -3.70. The van der Waals surface area contributed by atoms with Crippen LogP contribution in [0.3, 0.4) is 0 Å². The summed E-state index contributed by atoms with van der Waals surface area (Å²) < 4.78 is 43.8.